The van der Waals surface area contributed by atoms with Gasteiger partial charge >= 0.3 is 0 Å². The van der Waals surface area contributed by atoms with Gasteiger partial charge in [0.05, 0.1) is 13.7 Å². The molecule has 0 amide bonds. The third-order valence-corrected chi connectivity index (χ3v) is 5.03. The van der Waals surface area contributed by atoms with Crippen molar-refractivity contribution in [1.29, 1.82) is 0 Å². The van der Waals surface area contributed by atoms with Gasteiger partial charge in [0.2, 0.25) is 0 Å². The molecule has 2 aliphatic carbocycles. The fourth-order valence-corrected chi connectivity index (χ4v) is 3.94. The summed E-state index contributed by atoms with van der Waals surface area (Å²) < 4.78 is 11.4. The number of benzene rings is 1. The molecule has 1 aromatic carbocycles. The molecule has 3 heteroatoms. The Balaban J connectivity index is 1.66. The van der Waals surface area contributed by atoms with E-state index in [4.69, 9.17) is 15.2 Å². The van der Waals surface area contributed by atoms with Crippen LogP contribution in [0.15, 0.2) is 18.2 Å². The van der Waals surface area contributed by atoms with Gasteiger partial charge in [0.1, 0.15) is 11.5 Å². The lowest BCUT2D eigenvalue weighted by Crippen LogP contribution is -2.19. The van der Waals surface area contributed by atoms with E-state index in [1.54, 1.807) is 7.11 Å². The number of nitrogens with two attached hydrogens (primary N) is 1. The molecular formula is C17H25NO2. The van der Waals surface area contributed by atoms with Crippen LogP contribution in [-0.2, 0) is 6.42 Å². The summed E-state index contributed by atoms with van der Waals surface area (Å²) in [4.78, 5) is 0. The Morgan fingerprint density at radius 1 is 1.25 bits per heavy atom. The number of hydrogen-bond acceptors (Lipinski definition) is 3. The van der Waals surface area contributed by atoms with Crippen LogP contribution in [0.3, 0.4) is 0 Å². The first kappa shape index (κ1) is 13.7. The second kappa shape index (κ2) is 6.04. The fraction of sp³-hybridized carbons (Fsp3) is 0.647. The van der Waals surface area contributed by atoms with E-state index < -0.39 is 0 Å². The summed E-state index contributed by atoms with van der Waals surface area (Å²) in [6.07, 6.45) is 6.50. The van der Waals surface area contributed by atoms with Gasteiger partial charge in [-0.1, -0.05) is 12.5 Å². The molecule has 20 heavy (non-hydrogen) atoms. The van der Waals surface area contributed by atoms with E-state index in [0.717, 1.165) is 42.3 Å². The normalized spacial score (nSPS) is 27.8. The van der Waals surface area contributed by atoms with E-state index in [1.165, 1.54) is 31.2 Å². The van der Waals surface area contributed by atoms with Gasteiger partial charge in [-0.3, -0.25) is 0 Å². The van der Waals surface area contributed by atoms with Gasteiger partial charge in [-0.05, 0) is 61.6 Å². The summed E-state index contributed by atoms with van der Waals surface area (Å²) in [6.45, 7) is 1.50. The van der Waals surface area contributed by atoms with Crippen LogP contribution in [0.5, 0.6) is 11.5 Å². The first-order chi connectivity index (χ1) is 9.80. The lowest BCUT2D eigenvalue weighted by Gasteiger charge is -2.22. The third-order valence-electron chi connectivity index (χ3n) is 5.03. The van der Waals surface area contributed by atoms with Crippen molar-refractivity contribution in [3.05, 3.63) is 23.8 Å². The molecule has 2 saturated carbocycles. The molecule has 2 aliphatic rings. The molecular weight excluding hydrogens is 250 g/mol. The van der Waals surface area contributed by atoms with Crippen LogP contribution in [-0.4, -0.2) is 20.3 Å². The van der Waals surface area contributed by atoms with Gasteiger partial charge < -0.3 is 15.2 Å². The number of hydrogen-bond donors (Lipinski definition) is 1. The van der Waals surface area contributed by atoms with E-state index in [1.807, 2.05) is 12.1 Å². The minimum absolute atomic E-state index is 0.650. The van der Waals surface area contributed by atoms with Crippen LogP contribution < -0.4 is 15.2 Å². The van der Waals surface area contributed by atoms with E-state index in [2.05, 4.69) is 6.07 Å². The van der Waals surface area contributed by atoms with Gasteiger partial charge in [0.25, 0.3) is 0 Å². The number of ether oxygens (including phenoxy) is 2. The van der Waals surface area contributed by atoms with Crippen molar-refractivity contribution < 1.29 is 9.47 Å². The van der Waals surface area contributed by atoms with Crippen LogP contribution in [0.4, 0.5) is 0 Å². The van der Waals surface area contributed by atoms with E-state index in [-0.39, 0.29) is 0 Å². The third kappa shape index (κ3) is 2.78. The molecule has 3 unspecified atom stereocenters. The molecule has 2 N–H and O–H groups in total. The highest BCUT2D eigenvalue weighted by molar-refractivity contribution is 5.41. The standard InChI is InChI=1S/C17H25NO2/c1-19-16-5-4-13(6-7-18)17(10-16)20-11-15-9-12-2-3-14(15)8-12/h4-5,10,12,14-15H,2-3,6-9,11,18H2,1H3. The number of methoxy groups -OCH3 is 1. The Hall–Kier alpha value is -1.22. The predicted octanol–water partition coefficient (Wildman–Crippen LogP) is 3.01. The summed E-state index contributed by atoms with van der Waals surface area (Å²) in [6, 6.07) is 6.05. The average molecular weight is 275 g/mol. The Kier molecular flexibility index (Phi) is 4.16. The summed E-state index contributed by atoms with van der Waals surface area (Å²) in [5.41, 5.74) is 6.87. The molecule has 0 radical (unpaired) electrons. The van der Waals surface area contributed by atoms with Crippen molar-refractivity contribution >= 4 is 0 Å². The second-order valence-corrected chi connectivity index (χ2v) is 6.26. The van der Waals surface area contributed by atoms with Crippen molar-refractivity contribution in [2.45, 2.75) is 32.1 Å². The van der Waals surface area contributed by atoms with Crippen LogP contribution in [0.25, 0.3) is 0 Å². The SMILES string of the molecule is COc1ccc(CCN)c(OCC2CC3CCC2C3)c1. The quantitative estimate of drug-likeness (QED) is 0.868. The molecule has 0 aliphatic heterocycles. The average Bonchev–Trinajstić information content (AvgIpc) is 3.09. The number of fused-ring (bicyclic) bond motifs is 2. The lowest BCUT2D eigenvalue weighted by atomic mass is 9.89. The van der Waals surface area contributed by atoms with E-state index in [0.29, 0.717) is 6.54 Å². The summed E-state index contributed by atoms with van der Waals surface area (Å²) >= 11 is 0. The van der Waals surface area contributed by atoms with Crippen molar-refractivity contribution in [2.24, 2.45) is 23.5 Å². The monoisotopic (exact) mass is 275 g/mol. The molecule has 3 atom stereocenters. The highest BCUT2D eigenvalue weighted by Crippen LogP contribution is 2.48. The lowest BCUT2D eigenvalue weighted by molar-refractivity contribution is 0.193. The molecule has 110 valence electrons. The summed E-state index contributed by atoms with van der Waals surface area (Å²) in [5, 5.41) is 0. The van der Waals surface area contributed by atoms with Crippen molar-refractivity contribution in [2.75, 3.05) is 20.3 Å². The van der Waals surface area contributed by atoms with Gasteiger partial charge in [0.15, 0.2) is 0 Å². The van der Waals surface area contributed by atoms with Crippen LogP contribution in [0, 0.1) is 17.8 Å². The Bertz CT molecular complexity index is 460. The van der Waals surface area contributed by atoms with E-state index >= 15 is 0 Å². The largest absolute Gasteiger partial charge is 0.497 e. The second-order valence-electron chi connectivity index (χ2n) is 6.26. The minimum atomic E-state index is 0.650. The Morgan fingerprint density at radius 2 is 2.15 bits per heavy atom. The number of rotatable bonds is 6. The predicted molar refractivity (Wildman–Crippen MR) is 80.2 cm³/mol. The fourth-order valence-electron chi connectivity index (χ4n) is 3.94. The summed E-state index contributed by atoms with van der Waals surface area (Å²) in [5.74, 6) is 4.45. The highest BCUT2D eigenvalue weighted by atomic mass is 16.5. The minimum Gasteiger partial charge on any atom is -0.497 e. The highest BCUT2D eigenvalue weighted by Gasteiger charge is 2.39. The topological polar surface area (TPSA) is 44.5 Å². The zero-order valence-electron chi connectivity index (χ0n) is 12.3. The zero-order chi connectivity index (χ0) is 13.9. The molecule has 0 aromatic heterocycles. The maximum Gasteiger partial charge on any atom is 0.126 e. The van der Waals surface area contributed by atoms with Crippen LogP contribution in [0.1, 0.15) is 31.2 Å². The Labute approximate surface area is 121 Å². The van der Waals surface area contributed by atoms with Gasteiger partial charge in [-0.2, -0.15) is 0 Å². The van der Waals surface area contributed by atoms with Gasteiger partial charge in [0, 0.05) is 6.07 Å². The maximum absolute atomic E-state index is 6.13. The van der Waals surface area contributed by atoms with Crippen molar-refractivity contribution in [3.8, 4) is 11.5 Å². The van der Waals surface area contributed by atoms with E-state index in [9.17, 15) is 0 Å². The molecule has 3 rings (SSSR count). The molecule has 3 nitrogen and oxygen atoms in total. The van der Waals surface area contributed by atoms with Gasteiger partial charge in [-0.15, -0.1) is 0 Å². The molecule has 0 heterocycles. The summed E-state index contributed by atoms with van der Waals surface area (Å²) in [7, 11) is 1.69. The molecule has 2 bridgehead atoms. The van der Waals surface area contributed by atoms with Crippen LogP contribution >= 0.6 is 0 Å². The smallest absolute Gasteiger partial charge is 0.126 e. The molecule has 2 fully saturated rings. The Morgan fingerprint density at radius 3 is 2.80 bits per heavy atom. The van der Waals surface area contributed by atoms with Gasteiger partial charge in [-0.25, -0.2) is 0 Å². The first-order valence-electron chi connectivity index (χ1n) is 7.80. The maximum atomic E-state index is 6.13. The zero-order valence-corrected chi connectivity index (χ0v) is 12.3. The molecule has 1 aromatic rings. The first-order valence-corrected chi connectivity index (χ1v) is 7.80. The molecule has 0 saturated heterocycles. The van der Waals surface area contributed by atoms with Crippen molar-refractivity contribution in [1.82, 2.24) is 0 Å². The van der Waals surface area contributed by atoms with Crippen LogP contribution in [0.2, 0.25) is 0 Å². The molecule has 0 spiro atoms. The van der Waals surface area contributed by atoms with Crippen molar-refractivity contribution in [3.63, 3.8) is 0 Å².